The van der Waals surface area contributed by atoms with E-state index in [2.05, 4.69) is 15.3 Å². The summed E-state index contributed by atoms with van der Waals surface area (Å²) in [5.41, 5.74) is 1.59. The Morgan fingerprint density at radius 2 is 1.81 bits per heavy atom. The lowest BCUT2D eigenvalue weighted by Crippen LogP contribution is -2.17. The average Bonchev–Trinajstić information content (AvgIpc) is 2.65. The van der Waals surface area contributed by atoms with Crippen molar-refractivity contribution >= 4 is 40.2 Å². The molecule has 132 valence electrons. The number of methoxy groups -OCH3 is 1. The molecule has 0 aliphatic heterocycles. The van der Waals surface area contributed by atoms with E-state index in [4.69, 9.17) is 4.74 Å². The van der Waals surface area contributed by atoms with Crippen LogP contribution in [0.2, 0.25) is 0 Å². The highest BCUT2D eigenvalue weighted by Gasteiger charge is 2.14. The lowest BCUT2D eigenvalue weighted by molar-refractivity contribution is -0.113. The first-order chi connectivity index (χ1) is 12.6. The standard InChI is InChI=1S/C19H17N3O3S/c1-12-20-15-9-5-3-7-13(15)18(21-12)26-11-17(23)22-16-10-6-4-8-14(16)19(24)25-2/h3-10H,11H2,1-2H3,(H,22,23). The van der Waals surface area contributed by atoms with Gasteiger partial charge in [-0.3, -0.25) is 4.79 Å². The van der Waals surface area contributed by atoms with E-state index in [1.807, 2.05) is 31.2 Å². The molecule has 26 heavy (non-hydrogen) atoms. The molecule has 0 saturated heterocycles. The number of para-hydroxylation sites is 2. The van der Waals surface area contributed by atoms with Crippen LogP contribution in [-0.2, 0) is 9.53 Å². The van der Waals surface area contributed by atoms with Crippen LogP contribution in [0.25, 0.3) is 10.9 Å². The molecule has 0 unspecified atom stereocenters. The number of esters is 1. The third kappa shape index (κ3) is 4.00. The van der Waals surface area contributed by atoms with Gasteiger partial charge in [-0.1, -0.05) is 42.1 Å². The number of fused-ring (bicyclic) bond motifs is 1. The number of benzene rings is 2. The zero-order valence-electron chi connectivity index (χ0n) is 14.4. The first-order valence-electron chi connectivity index (χ1n) is 7.92. The molecule has 0 aliphatic carbocycles. The first kappa shape index (κ1) is 17.9. The number of carbonyl (C=O) groups excluding carboxylic acids is 2. The molecule has 0 saturated carbocycles. The van der Waals surface area contributed by atoms with E-state index in [1.165, 1.54) is 18.9 Å². The molecule has 0 radical (unpaired) electrons. The van der Waals surface area contributed by atoms with Crippen molar-refractivity contribution in [1.29, 1.82) is 0 Å². The number of rotatable bonds is 5. The van der Waals surface area contributed by atoms with Crippen molar-refractivity contribution in [3.63, 3.8) is 0 Å². The van der Waals surface area contributed by atoms with Crippen LogP contribution in [0.4, 0.5) is 5.69 Å². The van der Waals surface area contributed by atoms with Crippen LogP contribution < -0.4 is 5.32 Å². The summed E-state index contributed by atoms with van der Waals surface area (Å²) in [6, 6.07) is 14.4. The Kier molecular flexibility index (Phi) is 5.48. The molecule has 1 aromatic heterocycles. The number of aryl methyl sites for hydroxylation is 1. The Hall–Kier alpha value is -2.93. The molecule has 1 heterocycles. The Balaban J connectivity index is 1.74. The van der Waals surface area contributed by atoms with Crippen molar-refractivity contribution in [3.8, 4) is 0 Å². The summed E-state index contributed by atoms with van der Waals surface area (Å²) < 4.78 is 4.74. The van der Waals surface area contributed by atoms with Gasteiger partial charge in [-0.2, -0.15) is 0 Å². The highest BCUT2D eigenvalue weighted by atomic mass is 32.2. The summed E-state index contributed by atoms with van der Waals surface area (Å²) in [6.45, 7) is 1.82. The third-order valence-corrected chi connectivity index (χ3v) is 4.62. The topological polar surface area (TPSA) is 81.2 Å². The molecular formula is C19H17N3O3S. The summed E-state index contributed by atoms with van der Waals surface area (Å²) in [4.78, 5) is 33.0. The predicted molar refractivity (Wildman–Crippen MR) is 101 cm³/mol. The quantitative estimate of drug-likeness (QED) is 0.423. The molecule has 1 amide bonds. The van der Waals surface area contributed by atoms with Crippen molar-refractivity contribution in [2.24, 2.45) is 0 Å². The number of amides is 1. The molecule has 3 rings (SSSR count). The van der Waals surface area contributed by atoms with Crippen molar-refractivity contribution in [2.45, 2.75) is 11.9 Å². The van der Waals surface area contributed by atoms with Gasteiger partial charge in [0.05, 0.1) is 29.6 Å². The van der Waals surface area contributed by atoms with Gasteiger partial charge in [-0.15, -0.1) is 0 Å². The molecule has 0 fully saturated rings. The van der Waals surface area contributed by atoms with Crippen molar-refractivity contribution in [1.82, 2.24) is 9.97 Å². The van der Waals surface area contributed by atoms with Gasteiger partial charge in [-0.25, -0.2) is 14.8 Å². The Morgan fingerprint density at radius 1 is 1.08 bits per heavy atom. The molecule has 2 aromatic carbocycles. The number of nitrogens with zero attached hydrogens (tertiary/aromatic N) is 2. The number of aromatic nitrogens is 2. The van der Waals surface area contributed by atoms with E-state index in [0.29, 0.717) is 17.1 Å². The monoisotopic (exact) mass is 367 g/mol. The second-order valence-corrected chi connectivity index (χ2v) is 6.43. The van der Waals surface area contributed by atoms with E-state index in [1.54, 1.807) is 24.3 Å². The van der Waals surface area contributed by atoms with Gasteiger partial charge in [-0.05, 0) is 25.1 Å². The fraction of sp³-hybridized carbons (Fsp3) is 0.158. The molecule has 1 N–H and O–H groups in total. The van der Waals surface area contributed by atoms with Gasteiger partial charge in [0.2, 0.25) is 5.91 Å². The van der Waals surface area contributed by atoms with Crippen molar-refractivity contribution < 1.29 is 14.3 Å². The zero-order valence-corrected chi connectivity index (χ0v) is 15.2. The fourth-order valence-corrected chi connectivity index (χ4v) is 3.33. The number of nitrogens with one attached hydrogen (secondary N) is 1. The zero-order chi connectivity index (χ0) is 18.5. The van der Waals surface area contributed by atoms with Crippen molar-refractivity contribution in [2.75, 3.05) is 18.2 Å². The minimum Gasteiger partial charge on any atom is -0.465 e. The number of carbonyl (C=O) groups is 2. The van der Waals surface area contributed by atoms with E-state index < -0.39 is 5.97 Å². The Labute approximate surface area is 155 Å². The van der Waals surface area contributed by atoms with Crippen molar-refractivity contribution in [3.05, 3.63) is 59.9 Å². The van der Waals surface area contributed by atoms with E-state index in [9.17, 15) is 9.59 Å². The molecule has 0 aliphatic rings. The van der Waals surface area contributed by atoms with Crippen LogP contribution in [0, 0.1) is 6.92 Å². The van der Waals surface area contributed by atoms with Gasteiger partial charge < -0.3 is 10.1 Å². The van der Waals surface area contributed by atoms with Crippen LogP contribution in [0.1, 0.15) is 16.2 Å². The summed E-state index contributed by atoms with van der Waals surface area (Å²) in [5.74, 6) is 0.0935. The number of hydrogen-bond acceptors (Lipinski definition) is 6. The Morgan fingerprint density at radius 3 is 2.62 bits per heavy atom. The van der Waals surface area contributed by atoms with Gasteiger partial charge in [0.15, 0.2) is 0 Å². The van der Waals surface area contributed by atoms with Gasteiger partial charge in [0.1, 0.15) is 10.9 Å². The van der Waals surface area contributed by atoms with Crippen LogP contribution >= 0.6 is 11.8 Å². The minimum absolute atomic E-state index is 0.163. The average molecular weight is 367 g/mol. The second kappa shape index (κ2) is 7.97. The molecule has 6 nitrogen and oxygen atoms in total. The van der Waals surface area contributed by atoms with Gasteiger partial charge in [0, 0.05) is 5.39 Å². The smallest absolute Gasteiger partial charge is 0.339 e. The maximum atomic E-state index is 12.3. The van der Waals surface area contributed by atoms with E-state index in [0.717, 1.165) is 15.9 Å². The van der Waals surface area contributed by atoms with E-state index >= 15 is 0 Å². The van der Waals surface area contributed by atoms with E-state index in [-0.39, 0.29) is 11.7 Å². The molecule has 0 bridgehead atoms. The maximum Gasteiger partial charge on any atom is 0.339 e. The maximum absolute atomic E-state index is 12.3. The van der Waals surface area contributed by atoms with Gasteiger partial charge in [0.25, 0.3) is 0 Å². The minimum atomic E-state index is -0.494. The number of anilines is 1. The summed E-state index contributed by atoms with van der Waals surface area (Å²) in [5, 5.41) is 4.42. The summed E-state index contributed by atoms with van der Waals surface area (Å²) in [7, 11) is 1.30. The second-order valence-electron chi connectivity index (χ2n) is 5.47. The fourth-order valence-electron chi connectivity index (χ4n) is 2.47. The number of hydrogen-bond donors (Lipinski definition) is 1. The largest absolute Gasteiger partial charge is 0.465 e. The Bertz CT molecular complexity index is 975. The summed E-state index contributed by atoms with van der Waals surface area (Å²) in [6.07, 6.45) is 0. The van der Waals surface area contributed by atoms with Crippen LogP contribution in [0.15, 0.2) is 53.6 Å². The SMILES string of the molecule is COC(=O)c1ccccc1NC(=O)CSc1nc(C)nc2ccccc12. The molecule has 3 aromatic rings. The summed E-state index contributed by atoms with van der Waals surface area (Å²) >= 11 is 1.33. The number of ether oxygens (including phenoxy) is 1. The van der Waals surface area contributed by atoms with Gasteiger partial charge >= 0.3 is 5.97 Å². The van der Waals surface area contributed by atoms with Crippen LogP contribution in [0.3, 0.4) is 0 Å². The molecule has 0 atom stereocenters. The molecule has 0 spiro atoms. The molecule has 7 heteroatoms. The highest BCUT2D eigenvalue weighted by molar-refractivity contribution is 8.00. The highest BCUT2D eigenvalue weighted by Crippen LogP contribution is 2.25. The normalized spacial score (nSPS) is 10.5. The predicted octanol–water partition coefficient (Wildman–Crippen LogP) is 3.46. The van der Waals surface area contributed by atoms with Crippen LogP contribution in [-0.4, -0.2) is 34.7 Å². The lowest BCUT2D eigenvalue weighted by atomic mass is 10.2. The van der Waals surface area contributed by atoms with Crippen LogP contribution in [0.5, 0.6) is 0 Å². The lowest BCUT2D eigenvalue weighted by Gasteiger charge is -2.10. The molecular weight excluding hydrogens is 350 g/mol. The number of thioether (sulfide) groups is 1. The third-order valence-electron chi connectivity index (χ3n) is 3.63. The first-order valence-corrected chi connectivity index (χ1v) is 8.90.